The van der Waals surface area contributed by atoms with Crippen molar-refractivity contribution in [2.45, 2.75) is 11.8 Å². The van der Waals surface area contributed by atoms with Crippen LogP contribution in [0.25, 0.3) is 0 Å². The first-order valence-electron chi connectivity index (χ1n) is 5.88. The molecule has 0 aliphatic rings. The molecule has 0 saturated carbocycles. The Bertz CT molecular complexity index is 755. The zero-order valence-corrected chi connectivity index (χ0v) is 11.6. The maximum Gasteiger partial charge on any atom is 0.261 e. The molecule has 104 valence electrons. The average Bonchev–Trinajstić information content (AvgIpc) is 2.38. The van der Waals surface area contributed by atoms with E-state index in [1.54, 1.807) is 37.3 Å². The number of nitrogens with two attached hydrogens (primary N) is 1. The molecular weight excluding hydrogens is 276 g/mol. The van der Waals surface area contributed by atoms with E-state index < -0.39 is 15.9 Å². The van der Waals surface area contributed by atoms with Gasteiger partial charge in [-0.15, -0.1) is 0 Å². The van der Waals surface area contributed by atoms with E-state index in [4.69, 9.17) is 5.73 Å². The van der Waals surface area contributed by atoms with Gasteiger partial charge in [-0.3, -0.25) is 9.52 Å². The van der Waals surface area contributed by atoms with E-state index >= 15 is 0 Å². The molecule has 20 heavy (non-hydrogen) atoms. The van der Waals surface area contributed by atoms with Crippen LogP contribution in [0.4, 0.5) is 5.69 Å². The summed E-state index contributed by atoms with van der Waals surface area (Å²) in [5, 5.41) is 0. The van der Waals surface area contributed by atoms with Crippen molar-refractivity contribution in [1.82, 2.24) is 0 Å². The van der Waals surface area contributed by atoms with Crippen LogP contribution < -0.4 is 10.5 Å². The first kappa shape index (κ1) is 14.1. The fraction of sp³-hybridized carbons (Fsp3) is 0.0714. The van der Waals surface area contributed by atoms with Crippen LogP contribution >= 0.6 is 0 Å². The largest absolute Gasteiger partial charge is 0.366 e. The molecule has 0 aromatic heterocycles. The summed E-state index contributed by atoms with van der Waals surface area (Å²) in [6.45, 7) is 1.80. The quantitative estimate of drug-likeness (QED) is 0.901. The Morgan fingerprint density at radius 3 is 2.45 bits per heavy atom. The van der Waals surface area contributed by atoms with Crippen molar-refractivity contribution >= 4 is 21.6 Å². The lowest BCUT2D eigenvalue weighted by Crippen LogP contribution is -2.18. The standard InChI is InChI=1S/C14H14N2O3S/c1-10-5-4-6-11(9-10)20(18,19)16-13-8-3-2-7-12(13)14(15)17/h2-9,16H,1H3,(H2,15,17). The molecule has 5 nitrogen and oxygen atoms in total. The number of nitrogens with one attached hydrogen (secondary N) is 1. The van der Waals surface area contributed by atoms with Gasteiger partial charge in [0.2, 0.25) is 0 Å². The van der Waals surface area contributed by atoms with Crippen molar-refractivity contribution < 1.29 is 13.2 Å². The zero-order valence-electron chi connectivity index (χ0n) is 10.8. The van der Waals surface area contributed by atoms with Gasteiger partial charge in [-0.1, -0.05) is 24.3 Å². The summed E-state index contributed by atoms with van der Waals surface area (Å²) >= 11 is 0. The minimum atomic E-state index is -3.75. The summed E-state index contributed by atoms with van der Waals surface area (Å²) in [5.74, 6) is -0.687. The molecule has 0 fully saturated rings. The molecule has 0 spiro atoms. The monoisotopic (exact) mass is 290 g/mol. The van der Waals surface area contributed by atoms with Gasteiger partial charge in [0.1, 0.15) is 0 Å². The van der Waals surface area contributed by atoms with Crippen molar-refractivity contribution in [2.75, 3.05) is 4.72 Å². The van der Waals surface area contributed by atoms with Gasteiger partial charge in [-0.25, -0.2) is 8.42 Å². The lowest BCUT2D eigenvalue weighted by atomic mass is 10.2. The predicted octanol–water partition coefficient (Wildman–Crippen LogP) is 1.89. The summed E-state index contributed by atoms with van der Waals surface area (Å²) in [4.78, 5) is 11.4. The van der Waals surface area contributed by atoms with E-state index in [0.29, 0.717) is 0 Å². The van der Waals surface area contributed by atoms with Crippen molar-refractivity contribution in [1.29, 1.82) is 0 Å². The lowest BCUT2D eigenvalue weighted by Gasteiger charge is -2.11. The Morgan fingerprint density at radius 1 is 1.10 bits per heavy atom. The van der Waals surface area contributed by atoms with Crippen LogP contribution in [0.15, 0.2) is 53.4 Å². The number of primary amides is 1. The fourth-order valence-corrected chi connectivity index (χ4v) is 2.96. The number of benzene rings is 2. The van der Waals surface area contributed by atoms with E-state index in [-0.39, 0.29) is 16.1 Å². The second-order valence-electron chi connectivity index (χ2n) is 4.33. The van der Waals surface area contributed by atoms with E-state index in [0.717, 1.165) is 5.56 Å². The number of para-hydroxylation sites is 1. The molecule has 0 aliphatic heterocycles. The summed E-state index contributed by atoms with van der Waals surface area (Å²) < 4.78 is 26.9. The van der Waals surface area contributed by atoms with Gasteiger partial charge in [0.15, 0.2) is 0 Å². The average molecular weight is 290 g/mol. The zero-order chi connectivity index (χ0) is 14.8. The topological polar surface area (TPSA) is 89.3 Å². The third-order valence-corrected chi connectivity index (χ3v) is 4.10. The van der Waals surface area contributed by atoms with Crippen molar-refractivity contribution in [2.24, 2.45) is 5.73 Å². The molecule has 2 aromatic carbocycles. The van der Waals surface area contributed by atoms with Crippen LogP contribution in [0.3, 0.4) is 0 Å². The molecule has 6 heteroatoms. The van der Waals surface area contributed by atoms with Crippen LogP contribution in [0.2, 0.25) is 0 Å². The fourth-order valence-electron chi connectivity index (χ4n) is 1.77. The van der Waals surface area contributed by atoms with E-state index in [2.05, 4.69) is 4.72 Å². The van der Waals surface area contributed by atoms with Gasteiger partial charge in [-0.05, 0) is 36.8 Å². The van der Waals surface area contributed by atoms with Crippen molar-refractivity contribution in [3.05, 3.63) is 59.7 Å². The first-order chi connectivity index (χ1) is 9.40. The molecular formula is C14H14N2O3S. The van der Waals surface area contributed by atoms with Gasteiger partial charge in [0.05, 0.1) is 16.1 Å². The number of carbonyl (C=O) groups excluding carboxylic acids is 1. The molecule has 0 radical (unpaired) electrons. The molecule has 0 atom stereocenters. The number of carbonyl (C=O) groups is 1. The van der Waals surface area contributed by atoms with Crippen LogP contribution in [-0.4, -0.2) is 14.3 Å². The number of hydrogen-bond donors (Lipinski definition) is 2. The minimum absolute atomic E-state index is 0.128. The molecule has 2 aromatic rings. The van der Waals surface area contributed by atoms with Crippen LogP contribution in [0.5, 0.6) is 0 Å². The number of aryl methyl sites for hydroxylation is 1. The van der Waals surface area contributed by atoms with Gasteiger partial charge in [0.25, 0.3) is 15.9 Å². The molecule has 0 saturated heterocycles. The van der Waals surface area contributed by atoms with E-state index in [1.165, 1.54) is 18.2 Å². The minimum Gasteiger partial charge on any atom is -0.366 e. The lowest BCUT2D eigenvalue weighted by molar-refractivity contribution is 0.100. The summed E-state index contributed by atoms with van der Waals surface area (Å²) in [6, 6.07) is 12.7. The number of amides is 1. The van der Waals surface area contributed by atoms with Crippen molar-refractivity contribution in [3.63, 3.8) is 0 Å². The van der Waals surface area contributed by atoms with E-state index in [9.17, 15) is 13.2 Å². The highest BCUT2D eigenvalue weighted by molar-refractivity contribution is 7.92. The number of sulfonamides is 1. The van der Waals surface area contributed by atoms with Crippen LogP contribution in [-0.2, 0) is 10.0 Å². The van der Waals surface area contributed by atoms with Gasteiger partial charge < -0.3 is 5.73 Å². The van der Waals surface area contributed by atoms with Crippen LogP contribution in [0.1, 0.15) is 15.9 Å². The van der Waals surface area contributed by atoms with Gasteiger partial charge in [-0.2, -0.15) is 0 Å². The number of anilines is 1. The molecule has 1 amide bonds. The van der Waals surface area contributed by atoms with Gasteiger partial charge >= 0.3 is 0 Å². The number of rotatable bonds is 4. The van der Waals surface area contributed by atoms with Crippen molar-refractivity contribution in [3.8, 4) is 0 Å². The molecule has 0 unspecified atom stereocenters. The summed E-state index contributed by atoms with van der Waals surface area (Å²) in [6.07, 6.45) is 0. The first-order valence-corrected chi connectivity index (χ1v) is 7.37. The molecule has 0 aliphatic carbocycles. The third kappa shape index (κ3) is 2.97. The summed E-state index contributed by atoms with van der Waals surface area (Å²) in [7, 11) is -3.75. The summed E-state index contributed by atoms with van der Waals surface area (Å²) in [5.41, 5.74) is 6.35. The maximum atomic E-state index is 12.3. The molecule has 0 bridgehead atoms. The Hall–Kier alpha value is -2.34. The van der Waals surface area contributed by atoms with Gasteiger partial charge in [0, 0.05) is 0 Å². The van der Waals surface area contributed by atoms with Crippen LogP contribution in [0, 0.1) is 6.92 Å². The highest BCUT2D eigenvalue weighted by Gasteiger charge is 2.17. The molecule has 2 rings (SSSR count). The normalized spacial score (nSPS) is 11.1. The SMILES string of the molecule is Cc1cccc(S(=O)(=O)Nc2ccccc2C(N)=O)c1. The third-order valence-electron chi connectivity index (χ3n) is 2.74. The Kier molecular flexibility index (Phi) is 3.76. The van der Waals surface area contributed by atoms with E-state index in [1.807, 2.05) is 0 Å². The maximum absolute atomic E-state index is 12.3. The highest BCUT2D eigenvalue weighted by Crippen LogP contribution is 2.20. The second kappa shape index (κ2) is 5.34. The second-order valence-corrected chi connectivity index (χ2v) is 6.01. The molecule has 0 heterocycles. The highest BCUT2D eigenvalue weighted by atomic mass is 32.2. The Labute approximate surface area is 117 Å². The number of hydrogen-bond acceptors (Lipinski definition) is 3. The Morgan fingerprint density at radius 2 is 1.80 bits per heavy atom. The smallest absolute Gasteiger partial charge is 0.261 e. The predicted molar refractivity (Wildman–Crippen MR) is 76.9 cm³/mol. The Balaban J connectivity index is 2.41. The molecule has 3 N–H and O–H groups in total.